The lowest BCUT2D eigenvalue weighted by Crippen LogP contribution is -2.25. The number of nitrogens with zero attached hydrogens (tertiary/aromatic N) is 1. The van der Waals surface area contributed by atoms with Crippen molar-refractivity contribution in [3.8, 4) is 0 Å². The lowest BCUT2D eigenvalue weighted by molar-refractivity contribution is 0.100. The molecule has 0 aliphatic rings. The summed E-state index contributed by atoms with van der Waals surface area (Å²) in [5.41, 5.74) is 5.30. The van der Waals surface area contributed by atoms with Crippen molar-refractivity contribution in [3.63, 3.8) is 0 Å². The van der Waals surface area contributed by atoms with E-state index in [0.717, 1.165) is 17.0 Å². The largest absolute Gasteiger partial charge is 0.273 e. The van der Waals surface area contributed by atoms with Crippen molar-refractivity contribution in [1.29, 1.82) is 0 Å². The van der Waals surface area contributed by atoms with Gasteiger partial charge in [-0.2, -0.15) is 0 Å². The number of amides is 1. The van der Waals surface area contributed by atoms with Crippen LogP contribution in [0.1, 0.15) is 27.3 Å². The van der Waals surface area contributed by atoms with Gasteiger partial charge in [0.25, 0.3) is 5.91 Å². The van der Waals surface area contributed by atoms with Gasteiger partial charge >= 0.3 is 0 Å². The van der Waals surface area contributed by atoms with Crippen LogP contribution in [0.25, 0.3) is 0 Å². The minimum Gasteiger partial charge on any atom is -0.267 e. The Morgan fingerprint density at radius 2 is 1.72 bits per heavy atom. The Balaban J connectivity index is 2.28. The number of carbonyl (C=O) groups is 1. The molecule has 0 saturated heterocycles. The van der Waals surface area contributed by atoms with Gasteiger partial charge in [-0.3, -0.25) is 14.9 Å². The molecule has 0 radical (unpaired) electrons. The average molecular weight is 246 g/mol. The summed E-state index contributed by atoms with van der Waals surface area (Å²) in [6, 6.07) is 8.34. The van der Waals surface area contributed by atoms with Gasteiger partial charge in [0.05, 0.1) is 5.56 Å². The molecule has 0 bridgehead atoms. The van der Waals surface area contributed by atoms with E-state index in [0.29, 0.717) is 0 Å². The van der Waals surface area contributed by atoms with Crippen LogP contribution in [0.5, 0.6) is 0 Å². The molecule has 0 aliphatic carbocycles. The summed E-state index contributed by atoms with van der Waals surface area (Å²) in [4.78, 5) is 12.0. The summed E-state index contributed by atoms with van der Waals surface area (Å²) in [5, 5.41) is 0. The van der Waals surface area contributed by atoms with E-state index in [-0.39, 0.29) is 5.56 Å². The first-order chi connectivity index (χ1) is 8.49. The Morgan fingerprint density at radius 3 is 2.28 bits per heavy atom. The lowest BCUT2D eigenvalue weighted by Gasteiger charge is -2.11. The Bertz CT molecular complexity index is 582. The Kier molecular flexibility index (Phi) is 3.19. The fourth-order valence-electron chi connectivity index (χ4n) is 1.81. The number of hydrogen-bond acceptors (Lipinski definition) is 1. The SMILES string of the molecule is Cc1ccc(C(=O)Nn2c(C)ccc2C)c(F)c1. The lowest BCUT2D eigenvalue weighted by atomic mass is 10.1. The fourth-order valence-corrected chi connectivity index (χ4v) is 1.81. The number of halogens is 1. The van der Waals surface area contributed by atoms with Gasteiger partial charge in [0, 0.05) is 11.4 Å². The second-order valence-corrected chi connectivity index (χ2v) is 4.38. The number of hydrogen-bond donors (Lipinski definition) is 1. The first-order valence-electron chi connectivity index (χ1n) is 5.71. The van der Waals surface area contributed by atoms with Crippen LogP contribution in [0.3, 0.4) is 0 Å². The molecule has 0 atom stereocenters. The van der Waals surface area contributed by atoms with Crippen LogP contribution in [0.4, 0.5) is 4.39 Å². The van der Waals surface area contributed by atoms with Gasteiger partial charge in [0.1, 0.15) is 5.82 Å². The Hall–Kier alpha value is -2.10. The predicted octanol–water partition coefficient (Wildman–Crippen LogP) is 2.94. The summed E-state index contributed by atoms with van der Waals surface area (Å²) < 4.78 is 15.3. The zero-order chi connectivity index (χ0) is 13.3. The van der Waals surface area contributed by atoms with Gasteiger partial charge in [-0.25, -0.2) is 4.39 Å². The molecule has 2 aromatic rings. The number of carbonyl (C=O) groups excluding carboxylic acids is 1. The third-order valence-corrected chi connectivity index (χ3v) is 2.85. The molecule has 94 valence electrons. The number of aromatic nitrogens is 1. The number of rotatable bonds is 2. The predicted molar refractivity (Wildman–Crippen MR) is 68.7 cm³/mol. The minimum atomic E-state index is -0.505. The summed E-state index contributed by atoms with van der Waals surface area (Å²) in [5.74, 6) is -0.954. The summed E-state index contributed by atoms with van der Waals surface area (Å²) in [6.45, 7) is 5.53. The van der Waals surface area contributed by atoms with Gasteiger partial charge in [-0.15, -0.1) is 0 Å². The summed E-state index contributed by atoms with van der Waals surface area (Å²) >= 11 is 0. The van der Waals surface area contributed by atoms with Gasteiger partial charge in [0.2, 0.25) is 0 Å². The number of benzene rings is 1. The van der Waals surface area contributed by atoms with E-state index in [2.05, 4.69) is 5.43 Å². The van der Waals surface area contributed by atoms with Crippen LogP contribution in [-0.4, -0.2) is 10.6 Å². The molecule has 1 heterocycles. The molecule has 1 aromatic heterocycles. The average Bonchev–Trinajstić information content (AvgIpc) is 2.60. The van der Waals surface area contributed by atoms with Crippen molar-refractivity contribution in [2.24, 2.45) is 0 Å². The zero-order valence-electron chi connectivity index (χ0n) is 10.6. The van der Waals surface area contributed by atoms with Crippen molar-refractivity contribution in [2.45, 2.75) is 20.8 Å². The molecular weight excluding hydrogens is 231 g/mol. The molecule has 2 rings (SSSR count). The van der Waals surface area contributed by atoms with Gasteiger partial charge in [-0.05, 0) is 50.6 Å². The van der Waals surface area contributed by atoms with Crippen molar-refractivity contribution < 1.29 is 9.18 Å². The highest BCUT2D eigenvalue weighted by Gasteiger charge is 2.13. The van der Waals surface area contributed by atoms with Crippen molar-refractivity contribution in [3.05, 3.63) is 58.7 Å². The highest BCUT2D eigenvalue weighted by Crippen LogP contribution is 2.11. The van der Waals surface area contributed by atoms with Crippen LogP contribution in [0, 0.1) is 26.6 Å². The normalized spacial score (nSPS) is 10.4. The maximum atomic E-state index is 13.7. The summed E-state index contributed by atoms with van der Waals surface area (Å²) in [6.07, 6.45) is 0. The Morgan fingerprint density at radius 1 is 1.11 bits per heavy atom. The molecule has 0 saturated carbocycles. The van der Waals surface area contributed by atoms with E-state index in [9.17, 15) is 9.18 Å². The molecule has 1 aromatic carbocycles. The zero-order valence-corrected chi connectivity index (χ0v) is 10.6. The molecular formula is C14H15FN2O. The molecule has 1 amide bonds. The monoisotopic (exact) mass is 246 g/mol. The first-order valence-corrected chi connectivity index (χ1v) is 5.71. The van der Waals surface area contributed by atoms with Crippen LogP contribution in [-0.2, 0) is 0 Å². The number of nitrogens with one attached hydrogen (secondary N) is 1. The standard InChI is InChI=1S/C14H15FN2O/c1-9-4-7-12(13(15)8-9)14(18)16-17-10(2)5-6-11(17)3/h4-8H,1-3H3,(H,16,18). The van der Waals surface area contributed by atoms with E-state index >= 15 is 0 Å². The van der Waals surface area contributed by atoms with E-state index in [1.54, 1.807) is 17.7 Å². The smallest absolute Gasteiger partial charge is 0.267 e. The second kappa shape index (κ2) is 4.64. The highest BCUT2D eigenvalue weighted by molar-refractivity contribution is 6.00. The molecule has 0 aliphatic heterocycles. The molecule has 3 nitrogen and oxygen atoms in total. The third kappa shape index (κ3) is 2.27. The topological polar surface area (TPSA) is 34.0 Å². The molecule has 18 heavy (non-hydrogen) atoms. The maximum absolute atomic E-state index is 13.7. The van der Waals surface area contributed by atoms with Crippen LogP contribution >= 0.6 is 0 Å². The maximum Gasteiger partial charge on any atom is 0.273 e. The molecule has 0 unspecified atom stereocenters. The molecule has 0 spiro atoms. The minimum absolute atomic E-state index is 0.0492. The third-order valence-electron chi connectivity index (χ3n) is 2.85. The molecule has 1 N–H and O–H groups in total. The van der Waals surface area contributed by atoms with Crippen molar-refractivity contribution in [1.82, 2.24) is 4.68 Å². The van der Waals surface area contributed by atoms with Crippen molar-refractivity contribution >= 4 is 5.91 Å². The highest BCUT2D eigenvalue weighted by atomic mass is 19.1. The van der Waals surface area contributed by atoms with Crippen LogP contribution in [0.15, 0.2) is 30.3 Å². The van der Waals surface area contributed by atoms with Crippen LogP contribution < -0.4 is 5.43 Å². The van der Waals surface area contributed by atoms with Gasteiger partial charge in [-0.1, -0.05) is 6.07 Å². The molecule has 0 fully saturated rings. The molecule has 4 heteroatoms. The van der Waals surface area contributed by atoms with E-state index in [1.165, 1.54) is 12.1 Å². The second-order valence-electron chi connectivity index (χ2n) is 4.38. The van der Waals surface area contributed by atoms with E-state index < -0.39 is 11.7 Å². The van der Waals surface area contributed by atoms with Gasteiger partial charge < -0.3 is 0 Å². The summed E-state index contributed by atoms with van der Waals surface area (Å²) in [7, 11) is 0. The van der Waals surface area contributed by atoms with Gasteiger partial charge in [0.15, 0.2) is 0 Å². The van der Waals surface area contributed by atoms with Crippen molar-refractivity contribution in [2.75, 3.05) is 5.43 Å². The van der Waals surface area contributed by atoms with E-state index in [4.69, 9.17) is 0 Å². The number of aryl methyl sites for hydroxylation is 3. The first kappa shape index (κ1) is 12.4. The quantitative estimate of drug-likeness (QED) is 0.868. The van der Waals surface area contributed by atoms with E-state index in [1.807, 2.05) is 26.0 Å². The fraction of sp³-hybridized carbons (Fsp3) is 0.214. The Labute approximate surface area is 105 Å². The van der Waals surface area contributed by atoms with Crippen LogP contribution in [0.2, 0.25) is 0 Å².